The number of aryl methyl sites for hydroxylation is 1. The van der Waals surface area contributed by atoms with Gasteiger partial charge in [-0.15, -0.1) is 0 Å². The zero-order valence-electron chi connectivity index (χ0n) is 16.1. The molecule has 1 heterocycles. The van der Waals surface area contributed by atoms with Crippen LogP contribution in [0, 0.1) is 6.92 Å². The Kier molecular flexibility index (Phi) is 5.02. The maximum atomic E-state index is 13.1. The third-order valence-electron chi connectivity index (χ3n) is 5.27. The Morgan fingerprint density at radius 2 is 1.59 bits per heavy atom. The van der Waals surface area contributed by atoms with Gasteiger partial charge in [-0.05, 0) is 47.5 Å². The SMILES string of the molecule is Cc1ccc(C(=O)N2CCN(S(=O)(=O)c3ccc4ccccc4c3)CC2)c(O)c1. The number of nitrogens with zero attached hydrogens (tertiary/aromatic N) is 2. The Morgan fingerprint density at radius 1 is 0.897 bits per heavy atom. The summed E-state index contributed by atoms with van der Waals surface area (Å²) >= 11 is 0. The number of amides is 1. The topological polar surface area (TPSA) is 77.9 Å². The van der Waals surface area contributed by atoms with Crippen molar-refractivity contribution in [3.63, 3.8) is 0 Å². The molecule has 1 aliphatic heterocycles. The van der Waals surface area contributed by atoms with Gasteiger partial charge in [0.05, 0.1) is 10.5 Å². The van der Waals surface area contributed by atoms with Gasteiger partial charge in [-0.3, -0.25) is 4.79 Å². The predicted molar refractivity (Wildman–Crippen MR) is 111 cm³/mol. The van der Waals surface area contributed by atoms with E-state index in [1.54, 1.807) is 35.2 Å². The van der Waals surface area contributed by atoms with E-state index in [0.717, 1.165) is 16.3 Å². The Bertz CT molecular complexity index is 1180. The van der Waals surface area contributed by atoms with E-state index >= 15 is 0 Å². The summed E-state index contributed by atoms with van der Waals surface area (Å²) in [5.41, 5.74) is 1.10. The first-order chi connectivity index (χ1) is 13.9. The molecule has 4 rings (SSSR count). The van der Waals surface area contributed by atoms with Gasteiger partial charge in [-0.25, -0.2) is 8.42 Å². The molecular weight excluding hydrogens is 388 g/mol. The maximum Gasteiger partial charge on any atom is 0.257 e. The fourth-order valence-corrected chi connectivity index (χ4v) is 5.06. The number of carbonyl (C=O) groups is 1. The van der Waals surface area contributed by atoms with Crippen LogP contribution in [0.25, 0.3) is 10.8 Å². The van der Waals surface area contributed by atoms with Gasteiger partial charge < -0.3 is 10.0 Å². The average molecular weight is 410 g/mol. The van der Waals surface area contributed by atoms with Crippen molar-refractivity contribution in [2.45, 2.75) is 11.8 Å². The molecule has 7 heteroatoms. The molecule has 0 spiro atoms. The molecule has 0 saturated carbocycles. The molecule has 1 saturated heterocycles. The number of carbonyl (C=O) groups excluding carboxylic acids is 1. The van der Waals surface area contributed by atoms with Crippen molar-refractivity contribution in [3.8, 4) is 5.75 Å². The van der Waals surface area contributed by atoms with E-state index in [4.69, 9.17) is 0 Å². The van der Waals surface area contributed by atoms with E-state index in [1.165, 1.54) is 4.31 Å². The molecule has 6 nitrogen and oxygen atoms in total. The van der Waals surface area contributed by atoms with E-state index in [9.17, 15) is 18.3 Å². The number of aromatic hydroxyl groups is 1. The number of sulfonamides is 1. The highest BCUT2D eigenvalue weighted by Gasteiger charge is 2.31. The second-order valence-electron chi connectivity index (χ2n) is 7.23. The third kappa shape index (κ3) is 3.71. The molecule has 1 amide bonds. The third-order valence-corrected chi connectivity index (χ3v) is 7.16. The maximum absolute atomic E-state index is 13.1. The lowest BCUT2D eigenvalue weighted by molar-refractivity contribution is 0.0695. The minimum Gasteiger partial charge on any atom is -0.507 e. The number of fused-ring (bicyclic) bond motifs is 1. The highest BCUT2D eigenvalue weighted by atomic mass is 32.2. The number of phenolic OH excluding ortho intramolecular Hbond substituents is 1. The minimum absolute atomic E-state index is 0.0544. The second-order valence-corrected chi connectivity index (χ2v) is 9.16. The lowest BCUT2D eigenvalue weighted by Crippen LogP contribution is -2.50. The summed E-state index contributed by atoms with van der Waals surface area (Å²) in [6.45, 7) is 2.82. The molecule has 0 atom stereocenters. The largest absolute Gasteiger partial charge is 0.507 e. The lowest BCUT2D eigenvalue weighted by atomic mass is 10.1. The van der Waals surface area contributed by atoms with E-state index in [-0.39, 0.29) is 48.3 Å². The fourth-order valence-electron chi connectivity index (χ4n) is 3.60. The van der Waals surface area contributed by atoms with Crippen LogP contribution in [-0.4, -0.2) is 54.8 Å². The number of rotatable bonds is 3. The zero-order valence-corrected chi connectivity index (χ0v) is 16.9. The molecule has 29 heavy (non-hydrogen) atoms. The van der Waals surface area contributed by atoms with Crippen LogP contribution in [0.15, 0.2) is 65.6 Å². The number of hydrogen-bond donors (Lipinski definition) is 1. The summed E-state index contributed by atoms with van der Waals surface area (Å²) in [5.74, 6) is -0.341. The number of benzene rings is 3. The van der Waals surface area contributed by atoms with Crippen LogP contribution in [0.1, 0.15) is 15.9 Å². The summed E-state index contributed by atoms with van der Waals surface area (Å²) in [5, 5.41) is 11.9. The van der Waals surface area contributed by atoms with E-state index < -0.39 is 10.0 Å². The van der Waals surface area contributed by atoms with Gasteiger partial charge in [-0.1, -0.05) is 36.4 Å². The van der Waals surface area contributed by atoms with Crippen molar-refractivity contribution in [1.82, 2.24) is 9.21 Å². The van der Waals surface area contributed by atoms with Crippen LogP contribution in [0.2, 0.25) is 0 Å². The first kappa shape index (κ1) is 19.4. The Morgan fingerprint density at radius 3 is 2.28 bits per heavy atom. The van der Waals surface area contributed by atoms with Crippen molar-refractivity contribution in [3.05, 3.63) is 71.8 Å². The Labute approximate surface area is 170 Å². The van der Waals surface area contributed by atoms with Crippen molar-refractivity contribution >= 4 is 26.7 Å². The van der Waals surface area contributed by atoms with E-state index in [0.29, 0.717) is 0 Å². The molecule has 0 unspecified atom stereocenters. The molecule has 1 N–H and O–H groups in total. The monoisotopic (exact) mass is 410 g/mol. The van der Waals surface area contributed by atoms with Crippen molar-refractivity contribution in [2.75, 3.05) is 26.2 Å². The van der Waals surface area contributed by atoms with Crippen LogP contribution >= 0.6 is 0 Å². The average Bonchev–Trinajstić information content (AvgIpc) is 2.73. The van der Waals surface area contributed by atoms with Crippen LogP contribution in [0.3, 0.4) is 0 Å². The van der Waals surface area contributed by atoms with Crippen LogP contribution in [0.5, 0.6) is 5.75 Å². The molecule has 0 radical (unpaired) electrons. The summed E-state index contributed by atoms with van der Waals surface area (Å²) in [6.07, 6.45) is 0. The normalized spacial score (nSPS) is 15.6. The van der Waals surface area contributed by atoms with Gasteiger partial charge in [0.15, 0.2) is 0 Å². The summed E-state index contributed by atoms with van der Waals surface area (Å²) in [4.78, 5) is 14.5. The van der Waals surface area contributed by atoms with Gasteiger partial charge >= 0.3 is 0 Å². The first-order valence-electron chi connectivity index (χ1n) is 9.44. The molecule has 3 aromatic rings. The predicted octanol–water partition coefficient (Wildman–Crippen LogP) is 3.00. The number of hydrogen-bond acceptors (Lipinski definition) is 4. The standard InChI is InChI=1S/C22H22N2O4S/c1-16-6-9-20(21(25)14-16)22(26)23-10-12-24(13-11-23)29(27,28)19-8-7-17-4-2-3-5-18(17)15-19/h2-9,14-15,25H,10-13H2,1H3. The molecule has 0 bridgehead atoms. The van der Waals surface area contributed by atoms with Gasteiger partial charge in [0.25, 0.3) is 5.91 Å². The molecule has 0 aromatic heterocycles. The quantitative estimate of drug-likeness (QED) is 0.720. The zero-order chi connectivity index (χ0) is 20.6. The molecule has 3 aromatic carbocycles. The Hall–Kier alpha value is -2.90. The van der Waals surface area contributed by atoms with Crippen LogP contribution in [0.4, 0.5) is 0 Å². The summed E-state index contributed by atoms with van der Waals surface area (Å²) in [6, 6.07) is 17.7. The number of phenols is 1. The van der Waals surface area contributed by atoms with Crippen molar-refractivity contribution in [2.24, 2.45) is 0 Å². The van der Waals surface area contributed by atoms with Crippen LogP contribution in [-0.2, 0) is 10.0 Å². The van der Waals surface area contributed by atoms with Crippen molar-refractivity contribution in [1.29, 1.82) is 0 Å². The van der Waals surface area contributed by atoms with Gasteiger partial charge in [-0.2, -0.15) is 4.31 Å². The lowest BCUT2D eigenvalue weighted by Gasteiger charge is -2.34. The molecule has 1 fully saturated rings. The molecular formula is C22H22N2O4S. The second kappa shape index (κ2) is 7.50. The Balaban J connectivity index is 1.50. The summed E-state index contributed by atoms with van der Waals surface area (Å²) < 4.78 is 27.5. The summed E-state index contributed by atoms with van der Waals surface area (Å²) in [7, 11) is -3.64. The number of piperazine rings is 1. The van der Waals surface area contributed by atoms with Crippen LogP contribution < -0.4 is 0 Å². The fraction of sp³-hybridized carbons (Fsp3) is 0.227. The molecule has 150 valence electrons. The first-order valence-corrected chi connectivity index (χ1v) is 10.9. The van der Waals surface area contributed by atoms with Gasteiger partial charge in [0.1, 0.15) is 5.75 Å². The van der Waals surface area contributed by atoms with Crippen molar-refractivity contribution < 1.29 is 18.3 Å². The van der Waals surface area contributed by atoms with E-state index in [2.05, 4.69) is 0 Å². The minimum atomic E-state index is -3.64. The highest BCUT2D eigenvalue weighted by molar-refractivity contribution is 7.89. The van der Waals surface area contributed by atoms with Gasteiger partial charge in [0, 0.05) is 26.2 Å². The van der Waals surface area contributed by atoms with E-state index in [1.807, 2.05) is 37.3 Å². The van der Waals surface area contributed by atoms with Gasteiger partial charge in [0.2, 0.25) is 10.0 Å². The highest BCUT2D eigenvalue weighted by Crippen LogP contribution is 2.24. The molecule has 0 aliphatic carbocycles. The molecule has 1 aliphatic rings. The smallest absolute Gasteiger partial charge is 0.257 e.